The van der Waals surface area contributed by atoms with Crippen LogP contribution in [0.5, 0.6) is 0 Å². The Bertz CT molecular complexity index is 587. The van der Waals surface area contributed by atoms with Crippen LogP contribution in [0, 0.1) is 5.92 Å². The third-order valence-electron chi connectivity index (χ3n) is 5.16. The van der Waals surface area contributed by atoms with Crippen LogP contribution in [-0.2, 0) is 16.7 Å². The van der Waals surface area contributed by atoms with Gasteiger partial charge in [0, 0.05) is 18.9 Å². The minimum atomic E-state index is -0.152. The number of hydrogen-bond acceptors (Lipinski definition) is 1. The number of hydrogen-bond donors (Lipinski definition) is 0. The van der Waals surface area contributed by atoms with E-state index in [1.54, 1.807) is 0 Å². The van der Waals surface area contributed by atoms with Crippen molar-refractivity contribution >= 4 is 5.90 Å². The van der Waals surface area contributed by atoms with E-state index in [1.165, 1.54) is 11.1 Å². The topological polar surface area (TPSA) is 12.2 Å². The van der Waals surface area contributed by atoms with Crippen molar-refractivity contribution in [3.8, 4) is 0 Å². The number of rotatable bonds is 2. The van der Waals surface area contributed by atoms with E-state index in [1.807, 2.05) is 0 Å². The molecule has 0 saturated carbocycles. The number of fused-ring (bicyclic) bond motifs is 3. The zero-order valence-corrected chi connectivity index (χ0v) is 13.5. The summed E-state index contributed by atoms with van der Waals surface area (Å²) in [4.78, 5) is 0. The molecule has 0 radical (unpaired) electrons. The maximum absolute atomic E-state index is 6.54. The normalized spacial score (nSPS) is 31.8. The van der Waals surface area contributed by atoms with Crippen molar-refractivity contribution in [3.05, 3.63) is 35.4 Å². The van der Waals surface area contributed by atoms with Gasteiger partial charge in [-0.25, -0.2) is 0 Å². The Morgan fingerprint density at radius 2 is 1.75 bits per heavy atom. The van der Waals surface area contributed by atoms with Crippen LogP contribution in [0.2, 0.25) is 0 Å². The van der Waals surface area contributed by atoms with E-state index in [4.69, 9.17) is 4.74 Å². The molecule has 1 heterocycles. The van der Waals surface area contributed by atoms with Crippen molar-refractivity contribution in [3.63, 3.8) is 0 Å². The second-order valence-corrected chi connectivity index (χ2v) is 7.20. The molecule has 0 bridgehead atoms. The quantitative estimate of drug-likeness (QED) is 0.747. The lowest BCUT2D eigenvalue weighted by atomic mass is 9.82. The summed E-state index contributed by atoms with van der Waals surface area (Å²) < 4.78 is 9.05. The van der Waals surface area contributed by atoms with Crippen LogP contribution in [0.3, 0.4) is 0 Å². The fraction of sp³-hybridized carbons (Fsp3) is 0.611. The molecule has 2 atom stereocenters. The third kappa shape index (κ3) is 1.48. The predicted octanol–water partition coefficient (Wildman–Crippen LogP) is 3.72. The van der Waals surface area contributed by atoms with E-state index in [0.29, 0.717) is 12.0 Å². The minimum absolute atomic E-state index is 0.0582. The zero-order valence-electron chi connectivity index (χ0n) is 13.5. The van der Waals surface area contributed by atoms with Crippen LogP contribution < -0.4 is 0 Å². The number of nitrogens with zero attached hydrogens (tertiary/aromatic N) is 1. The van der Waals surface area contributed by atoms with Gasteiger partial charge in [-0.05, 0) is 40.2 Å². The van der Waals surface area contributed by atoms with Crippen molar-refractivity contribution in [1.29, 1.82) is 0 Å². The standard InChI is InChI=1S/C18H26NO/c1-12(2)16-19(13(3)4)18(6)15-10-8-7-9-14(15)11-17(18,5)20-16/h7-10,12-13H,11H2,1-6H3/q+1/t17-,18+/m1/s1. The molecule has 0 fully saturated rings. The molecule has 0 amide bonds. The lowest BCUT2D eigenvalue weighted by Gasteiger charge is -2.30. The molecule has 3 rings (SSSR count). The van der Waals surface area contributed by atoms with Crippen molar-refractivity contribution in [1.82, 2.24) is 0 Å². The molecule has 20 heavy (non-hydrogen) atoms. The lowest BCUT2D eigenvalue weighted by molar-refractivity contribution is -0.639. The van der Waals surface area contributed by atoms with Gasteiger partial charge in [0.05, 0.1) is 5.92 Å². The Balaban J connectivity index is 2.27. The van der Waals surface area contributed by atoms with Gasteiger partial charge in [0.1, 0.15) is 0 Å². The average molecular weight is 272 g/mol. The molecule has 0 unspecified atom stereocenters. The van der Waals surface area contributed by atoms with Crippen LogP contribution in [0.15, 0.2) is 24.3 Å². The second kappa shape index (κ2) is 4.09. The van der Waals surface area contributed by atoms with Gasteiger partial charge in [-0.1, -0.05) is 24.3 Å². The first kappa shape index (κ1) is 13.7. The van der Waals surface area contributed by atoms with Gasteiger partial charge in [-0.3, -0.25) is 0 Å². The first-order chi connectivity index (χ1) is 9.31. The fourth-order valence-corrected chi connectivity index (χ4v) is 4.16. The van der Waals surface area contributed by atoms with Gasteiger partial charge in [-0.2, -0.15) is 4.58 Å². The highest BCUT2D eigenvalue weighted by molar-refractivity contribution is 5.76. The Kier molecular flexibility index (Phi) is 2.80. The molecule has 2 aliphatic rings. The molecule has 0 saturated heterocycles. The summed E-state index contributed by atoms with van der Waals surface area (Å²) in [5, 5.41) is 0. The minimum Gasteiger partial charge on any atom is -0.433 e. The average Bonchev–Trinajstić information content (AvgIpc) is 2.71. The van der Waals surface area contributed by atoms with Crippen molar-refractivity contribution in [2.75, 3.05) is 0 Å². The van der Waals surface area contributed by atoms with Crippen LogP contribution in [0.1, 0.15) is 52.7 Å². The molecule has 2 nitrogen and oxygen atoms in total. The Hall–Kier alpha value is -1.31. The molecule has 1 aliphatic carbocycles. The Morgan fingerprint density at radius 3 is 2.35 bits per heavy atom. The largest absolute Gasteiger partial charge is 0.433 e. The third-order valence-corrected chi connectivity index (χ3v) is 5.16. The lowest BCUT2D eigenvalue weighted by Crippen LogP contribution is -2.49. The molecule has 0 aromatic heterocycles. The second-order valence-electron chi connectivity index (χ2n) is 7.20. The molecule has 2 heteroatoms. The van der Waals surface area contributed by atoms with Crippen molar-refractivity contribution in [2.45, 2.75) is 65.1 Å². The molecule has 0 N–H and O–H groups in total. The molecular weight excluding hydrogens is 246 g/mol. The first-order valence-corrected chi connectivity index (χ1v) is 7.75. The Labute approximate surface area is 122 Å². The van der Waals surface area contributed by atoms with Crippen LogP contribution >= 0.6 is 0 Å². The van der Waals surface area contributed by atoms with Gasteiger partial charge in [0.25, 0.3) is 0 Å². The molecule has 1 aromatic rings. The SMILES string of the molecule is CC(C)C1=[N+](C(C)C)[C@@]2(C)c3ccccc3C[C@@]2(C)O1. The van der Waals surface area contributed by atoms with Gasteiger partial charge in [0.15, 0.2) is 11.6 Å². The summed E-state index contributed by atoms with van der Waals surface area (Å²) >= 11 is 0. The molecule has 1 aliphatic heterocycles. The van der Waals surface area contributed by atoms with E-state index < -0.39 is 0 Å². The highest BCUT2D eigenvalue weighted by atomic mass is 16.5. The number of ether oxygens (including phenoxy) is 1. The molecule has 0 spiro atoms. The summed E-state index contributed by atoms with van der Waals surface area (Å²) in [6, 6.07) is 9.26. The van der Waals surface area contributed by atoms with Gasteiger partial charge >= 0.3 is 5.90 Å². The monoisotopic (exact) mass is 272 g/mol. The van der Waals surface area contributed by atoms with Gasteiger partial charge in [-0.15, -0.1) is 0 Å². The van der Waals surface area contributed by atoms with E-state index >= 15 is 0 Å². The van der Waals surface area contributed by atoms with Gasteiger partial charge in [0.2, 0.25) is 5.54 Å². The summed E-state index contributed by atoms with van der Waals surface area (Å²) in [5.41, 5.74) is 2.66. The smallest absolute Gasteiger partial charge is 0.340 e. The van der Waals surface area contributed by atoms with Crippen molar-refractivity contribution in [2.24, 2.45) is 5.92 Å². The van der Waals surface area contributed by atoms with E-state index in [9.17, 15) is 0 Å². The maximum atomic E-state index is 6.54. The van der Waals surface area contributed by atoms with Gasteiger partial charge < -0.3 is 4.74 Å². The van der Waals surface area contributed by atoms with Crippen molar-refractivity contribution < 1.29 is 9.31 Å². The fourth-order valence-electron chi connectivity index (χ4n) is 4.16. The number of benzene rings is 1. The summed E-state index contributed by atoms with van der Waals surface area (Å²) in [6.45, 7) is 13.6. The maximum Gasteiger partial charge on any atom is 0.340 e. The zero-order chi connectivity index (χ0) is 14.7. The van der Waals surface area contributed by atoms with Crippen LogP contribution in [0.25, 0.3) is 0 Å². The summed E-state index contributed by atoms with van der Waals surface area (Å²) in [6.07, 6.45) is 0.999. The highest BCUT2D eigenvalue weighted by Crippen LogP contribution is 2.52. The van der Waals surface area contributed by atoms with Crippen LogP contribution in [-0.4, -0.2) is 22.1 Å². The highest BCUT2D eigenvalue weighted by Gasteiger charge is 2.68. The first-order valence-electron chi connectivity index (χ1n) is 7.75. The van der Waals surface area contributed by atoms with E-state index in [2.05, 4.69) is 70.4 Å². The summed E-state index contributed by atoms with van der Waals surface area (Å²) in [5.74, 6) is 1.57. The Morgan fingerprint density at radius 1 is 1.10 bits per heavy atom. The predicted molar refractivity (Wildman–Crippen MR) is 82.2 cm³/mol. The van der Waals surface area contributed by atoms with E-state index in [-0.39, 0.29) is 11.1 Å². The molecular formula is C18H26NO+. The molecule has 1 aromatic carbocycles. The molecule has 108 valence electrons. The van der Waals surface area contributed by atoms with E-state index in [0.717, 1.165) is 12.3 Å². The van der Waals surface area contributed by atoms with Crippen LogP contribution in [0.4, 0.5) is 0 Å². The summed E-state index contributed by atoms with van der Waals surface area (Å²) in [7, 11) is 0.